The van der Waals surface area contributed by atoms with Crippen LogP contribution in [0.2, 0.25) is 0 Å². The fourth-order valence-corrected chi connectivity index (χ4v) is 1.90. The van der Waals surface area contributed by atoms with Crippen molar-refractivity contribution in [3.8, 4) is 0 Å². The Morgan fingerprint density at radius 2 is 2.22 bits per heavy atom. The molecule has 0 fully saturated rings. The van der Waals surface area contributed by atoms with Crippen LogP contribution in [0.5, 0.6) is 0 Å². The minimum atomic E-state index is -0.409. The molecule has 0 aromatic carbocycles. The lowest BCUT2D eigenvalue weighted by atomic mass is 10.1. The zero-order valence-electron chi connectivity index (χ0n) is 11.7. The first-order chi connectivity index (χ1) is 8.63. The van der Waals surface area contributed by atoms with Gasteiger partial charge in [-0.15, -0.1) is 0 Å². The number of aryl methyl sites for hydroxylation is 2. The third kappa shape index (κ3) is 3.57. The summed E-state index contributed by atoms with van der Waals surface area (Å²) < 4.78 is 6.87. The lowest BCUT2D eigenvalue weighted by Gasteiger charge is -2.16. The van der Waals surface area contributed by atoms with Crippen LogP contribution in [0.1, 0.15) is 44.5 Å². The van der Waals surface area contributed by atoms with Crippen molar-refractivity contribution in [2.45, 2.75) is 39.7 Å². The second-order valence-electron chi connectivity index (χ2n) is 4.20. The SMILES string of the molecule is CCCNC(C(=O)OCC)c1cn(C)nc1CC. The molecule has 1 aromatic heterocycles. The zero-order valence-corrected chi connectivity index (χ0v) is 11.7. The highest BCUT2D eigenvalue weighted by Crippen LogP contribution is 2.19. The van der Waals surface area contributed by atoms with Crippen molar-refractivity contribution in [1.82, 2.24) is 15.1 Å². The summed E-state index contributed by atoms with van der Waals surface area (Å²) in [7, 11) is 1.87. The van der Waals surface area contributed by atoms with Crippen LogP contribution < -0.4 is 5.32 Å². The van der Waals surface area contributed by atoms with Crippen LogP contribution >= 0.6 is 0 Å². The molecule has 5 nitrogen and oxygen atoms in total. The van der Waals surface area contributed by atoms with Crippen molar-refractivity contribution < 1.29 is 9.53 Å². The van der Waals surface area contributed by atoms with Gasteiger partial charge in [-0.1, -0.05) is 13.8 Å². The van der Waals surface area contributed by atoms with Gasteiger partial charge in [-0.2, -0.15) is 5.10 Å². The van der Waals surface area contributed by atoms with Crippen LogP contribution in [0.4, 0.5) is 0 Å². The molecule has 0 saturated carbocycles. The predicted molar refractivity (Wildman–Crippen MR) is 70.3 cm³/mol. The summed E-state index contributed by atoms with van der Waals surface area (Å²) in [6.07, 6.45) is 3.67. The molecule has 18 heavy (non-hydrogen) atoms. The van der Waals surface area contributed by atoms with E-state index >= 15 is 0 Å². The maximum atomic E-state index is 12.0. The van der Waals surface area contributed by atoms with Crippen molar-refractivity contribution >= 4 is 5.97 Å². The molecule has 0 aliphatic heterocycles. The maximum absolute atomic E-state index is 12.0. The number of hydrogen-bond donors (Lipinski definition) is 1. The van der Waals surface area contributed by atoms with Gasteiger partial charge in [-0.25, -0.2) is 4.79 Å². The Labute approximate surface area is 109 Å². The van der Waals surface area contributed by atoms with Gasteiger partial charge in [-0.05, 0) is 26.3 Å². The molecule has 0 saturated heterocycles. The Balaban J connectivity index is 2.96. The van der Waals surface area contributed by atoms with Gasteiger partial charge < -0.3 is 10.1 Å². The smallest absolute Gasteiger partial charge is 0.327 e. The molecular weight excluding hydrogens is 230 g/mol. The molecule has 0 spiro atoms. The fraction of sp³-hybridized carbons (Fsp3) is 0.692. The average molecular weight is 253 g/mol. The van der Waals surface area contributed by atoms with Gasteiger partial charge >= 0.3 is 5.97 Å². The van der Waals surface area contributed by atoms with Crippen LogP contribution in [0.3, 0.4) is 0 Å². The molecule has 1 heterocycles. The Bertz CT molecular complexity index is 388. The van der Waals surface area contributed by atoms with Gasteiger partial charge in [0.2, 0.25) is 0 Å². The zero-order chi connectivity index (χ0) is 13.5. The van der Waals surface area contributed by atoms with Crippen LogP contribution in [-0.4, -0.2) is 28.9 Å². The third-order valence-electron chi connectivity index (χ3n) is 2.70. The van der Waals surface area contributed by atoms with Crippen LogP contribution in [0.25, 0.3) is 0 Å². The van der Waals surface area contributed by atoms with E-state index in [-0.39, 0.29) is 5.97 Å². The lowest BCUT2D eigenvalue weighted by Crippen LogP contribution is -2.31. The second kappa shape index (κ2) is 7.16. The van der Waals surface area contributed by atoms with E-state index in [1.807, 2.05) is 27.1 Å². The number of aromatic nitrogens is 2. The van der Waals surface area contributed by atoms with Crippen molar-refractivity contribution in [3.63, 3.8) is 0 Å². The number of esters is 1. The maximum Gasteiger partial charge on any atom is 0.327 e. The first-order valence-corrected chi connectivity index (χ1v) is 6.56. The molecule has 1 N–H and O–H groups in total. The molecule has 1 aromatic rings. The number of nitrogens with zero attached hydrogens (tertiary/aromatic N) is 2. The number of carbonyl (C=O) groups excluding carboxylic acids is 1. The van der Waals surface area contributed by atoms with Gasteiger partial charge in [0, 0.05) is 18.8 Å². The van der Waals surface area contributed by atoms with Gasteiger partial charge in [0.1, 0.15) is 6.04 Å². The van der Waals surface area contributed by atoms with Crippen molar-refractivity contribution in [2.75, 3.05) is 13.2 Å². The number of rotatable bonds is 7. The minimum Gasteiger partial charge on any atom is -0.465 e. The Hall–Kier alpha value is -1.36. The molecular formula is C13H23N3O2. The monoisotopic (exact) mass is 253 g/mol. The number of ether oxygens (including phenoxy) is 1. The number of hydrogen-bond acceptors (Lipinski definition) is 4. The molecule has 102 valence electrons. The highest BCUT2D eigenvalue weighted by Gasteiger charge is 2.25. The van der Waals surface area contributed by atoms with Crippen LogP contribution in [0, 0.1) is 0 Å². The standard InChI is InChI=1S/C13H23N3O2/c1-5-8-14-12(13(17)18-7-3)10-9-16(4)15-11(10)6-2/h9,12,14H,5-8H2,1-4H3. The summed E-state index contributed by atoms with van der Waals surface area (Å²) in [5.41, 5.74) is 1.87. The summed E-state index contributed by atoms with van der Waals surface area (Å²) in [4.78, 5) is 12.0. The van der Waals surface area contributed by atoms with E-state index in [9.17, 15) is 4.79 Å². The minimum absolute atomic E-state index is 0.228. The van der Waals surface area contributed by atoms with E-state index in [0.717, 1.165) is 30.6 Å². The summed E-state index contributed by atoms with van der Waals surface area (Å²) in [6, 6.07) is -0.409. The second-order valence-corrected chi connectivity index (χ2v) is 4.20. The Morgan fingerprint density at radius 3 is 2.78 bits per heavy atom. The predicted octanol–water partition coefficient (Wildman–Crippen LogP) is 1.59. The molecule has 0 aliphatic carbocycles. The highest BCUT2D eigenvalue weighted by molar-refractivity contribution is 5.78. The third-order valence-corrected chi connectivity index (χ3v) is 2.70. The van der Waals surface area contributed by atoms with E-state index in [0.29, 0.717) is 6.61 Å². The molecule has 0 aliphatic rings. The Morgan fingerprint density at radius 1 is 1.50 bits per heavy atom. The van der Waals surface area contributed by atoms with E-state index in [1.54, 1.807) is 4.68 Å². The van der Waals surface area contributed by atoms with Crippen molar-refractivity contribution in [3.05, 3.63) is 17.5 Å². The van der Waals surface area contributed by atoms with E-state index in [1.165, 1.54) is 0 Å². The fourth-order valence-electron chi connectivity index (χ4n) is 1.90. The summed E-state index contributed by atoms with van der Waals surface area (Å²) in [5.74, 6) is -0.228. The quantitative estimate of drug-likeness (QED) is 0.750. The molecule has 1 atom stereocenters. The average Bonchev–Trinajstić information content (AvgIpc) is 2.71. The highest BCUT2D eigenvalue weighted by atomic mass is 16.5. The summed E-state index contributed by atoms with van der Waals surface area (Å²) in [5, 5.41) is 7.60. The first kappa shape index (κ1) is 14.7. The van der Waals surface area contributed by atoms with Crippen molar-refractivity contribution in [2.24, 2.45) is 7.05 Å². The first-order valence-electron chi connectivity index (χ1n) is 6.56. The van der Waals surface area contributed by atoms with Crippen LogP contribution in [0.15, 0.2) is 6.20 Å². The topological polar surface area (TPSA) is 56.1 Å². The van der Waals surface area contributed by atoms with E-state index in [2.05, 4.69) is 17.3 Å². The molecule has 1 rings (SSSR count). The van der Waals surface area contributed by atoms with Crippen LogP contribution in [-0.2, 0) is 23.0 Å². The molecule has 5 heteroatoms. The largest absolute Gasteiger partial charge is 0.465 e. The van der Waals surface area contributed by atoms with E-state index < -0.39 is 6.04 Å². The molecule has 0 radical (unpaired) electrons. The normalized spacial score (nSPS) is 12.4. The van der Waals surface area contributed by atoms with E-state index in [4.69, 9.17) is 4.74 Å². The Kier molecular flexibility index (Phi) is 5.85. The summed E-state index contributed by atoms with van der Waals surface area (Å²) >= 11 is 0. The van der Waals surface area contributed by atoms with Gasteiger partial charge in [0.05, 0.1) is 12.3 Å². The molecule has 1 unspecified atom stereocenters. The number of carbonyl (C=O) groups is 1. The number of nitrogens with one attached hydrogen (secondary N) is 1. The van der Waals surface area contributed by atoms with Gasteiger partial charge in [-0.3, -0.25) is 4.68 Å². The molecule has 0 amide bonds. The van der Waals surface area contributed by atoms with Gasteiger partial charge in [0.25, 0.3) is 0 Å². The molecule has 0 bridgehead atoms. The van der Waals surface area contributed by atoms with Gasteiger partial charge in [0.15, 0.2) is 0 Å². The lowest BCUT2D eigenvalue weighted by molar-refractivity contribution is -0.145. The van der Waals surface area contributed by atoms with Crippen molar-refractivity contribution in [1.29, 1.82) is 0 Å². The summed E-state index contributed by atoms with van der Waals surface area (Å²) in [6.45, 7) is 7.10.